The molecule has 0 aliphatic heterocycles. The van der Waals surface area contributed by atoms with Crippen LogP contribution in [0.2, 0.25) is 0 Å². The van der Waals surface area contributed by atoms with Gasteiger partial charge in [-0.05, 0) is 44.4 Å². The lowest BCUT2D eigenvalue weighted by atomic mass is 9.89. The van der Waals surface area contributed by atoms with Crippen LogP contribution in [0.15, 0.2) is 0 Å². The number of ether oxygens (including phenoxy) is 2. The first-order valence-corrected chi connectivity index (χ1v) is 9.21. The van der Waals surface area contributed by atoms with E-state index in [1.165, 1.54) is 19.3 Å². The van der Waals surface area contributed by atoms with Gasteiger partial charge >= 0.3 is 5.97 Å². The van der Waals surface area contributed by atoms with Crippen molar-refractivity contribution in [1.82, 2.24) is 5.32 Å². The standard InChI is InChI=1S/C18H31NO4/c1-14-6-5-9-16(12-14)22-13-17(20)19-11-10-18(21)23-15-7-3-2-4-8-15/h14-16H,2-13H2,1H3,(H,19,20)/t14-,16+/m1/s1. The molecule has 0 bridgehead atoms. The molecule has 0 aromatic heterocycles. The van der Waals surface area contributed by atoms with Gasteiger partial charge < -0.3 is 14.8 Å². The van der Waals surface area contributed by atoms with Gasteiger partial charge in [-0.15, -0.1) is 0 Å². The third kappa shape index (κ3) is 7.34. The maximum Gasteiger partial charge on any atom is 0.307 e. The van der Waals surface area contributed by atoms with Crippen LogP contribution in [0.3, 0.4) is 0 Å². The SMILES string of the molecule is C[C@@H]1CCC[C@H](OCC(=O)NCCC(=O)OC2CCCCC2)C1. The van der Waals surface area contributed by atoms with Gasteiger partial charge in [0.25, 0.3) is 0 Å². The second-order valence-electron chi connectivity index (χ2n) is 7.05. The molecule has 2 saturated carbocycles. The van der Waals surface area contributed by atoms with E-state index in [0.29, 0.717) is 12.5 Å². The van der Waals surface area contributed by atoms with Gasteiger partial charge in [0.1, 0.15) is 12.7 Å². The number of hydrogen-bond acceptors (Lipinski definition) is 4. The molecule has 2 atom stereocenters. The van der Waals surface area contributed by atoms with Crippen LogP contribution in [0, 0.1) is 5.92 Å². The number of nitrogens with one attached hydrogen (secondary N) is 1. The van der Waals surface area contributed by atoms with E-state index in [1.807, 2.05) is 0 Å². The third-order valence-electron chi connectivity index (χ3n) is 4.84. The molecule has 2 aliphatic rings. The summed E-state index contributed by atoms with van der Waals surface area (Å²) in [4.78, 5) is 23.5. The van der Waals surface area contributed by atoms with Crippen molar-refractivity contribution in [1.29, 1.82) is 0 Å². The molecule has 5 heteroatoms. The zero-order valence-corrected chi connectivity index (χ0v) is 14.4. The molecule has 23 heavy (non-hydrogen) atoms. The summed E-state index contributed by atoms with van der Waals surface area (Å²) in [5.41, 5.74) is 0. The molecular weight excluding hydrogens is 294 g/mol. The molecule has 0 radical (unpaired) electrons. The molecule has 5 nitrogen and oxygen atoms in total. The highest BCUT2D eigenvalue weighted by atomic mass is 16.5. The highest BCUT2D eigenvalue weighted by molar-refractivity contribution is 5.78. The van der Waals surface area contributed by atoms with Crippen LogP contribution in [0.25, 0.3) is 0 Å². The zero-order valence-electron chi connectivity index (χ0n) is 14.4. The summed E-state index contributed by atoms with van der Waals surface area (Å²) in [5.74, 6) is 0.333. The molecule has 0 aromatic rings. The lowest BCUT2D eigenvalue weighted by Gasteiger charge is -2.26. The van der Waals surface area contributed by atoms with E-state index in [1.54, 1.807) is 0 Å². The molecule has 0 spiro atoms. The van der Waals surface area contributed by atoms with E-state index in [0.717, 1.165) is 38.5 Å². The highest BCUT2D eigenvalue weighted by Crippen LogP contribution is 2.25. The molecular formula is C18H31NO4. The Morgan fingerprint density at radius 1 is 1.00 bits per heavy atom. The smallest absolute Gasteiger partial charge is 0.307 e. The van der Waals surface area contributed by atoms with E-state index in [-0.39, 0.29) is 37.1 Å². The number of esters is 1. The van der Waals surface area contributed by atoms with Crippen molar-refractivity contribution in [2.75, 3.05) is 13.2 Å². The van der Waals surface area contributed by atoms with Gasteiger partial charge in [0.2, 0.25) is 5.91 Å². The Hall–Kier alpha value is -1.10. The van der Waals surface area contributed by atoms with E-state index < -0.39 is 0 Å². The summed E-state index contributed by atoms with van der Waals surface area (Å²) in [5, 5.41) is 2.74. The minimum absolute atomic E-state index is 0.0866. The van der Waals surface area contributed by atoms with Crippen LogP contribution in [0.5, 0.6) is 0 Å². The second kappa shape index (κ2) is 9.91. The fraction of sp³-hybridized carbons (Fsp3) is 0.889. The van der Waals surface area contributed by atoms with Gasteiger partial charge in [-0.2, -0.15) is 0 Å². The fourth-order valence-electron chi connectivity index (χ4n) is 3.51. The van der Waals surface area contributed by atoms with Crippen molar-refractivity contribution in [2.24, 2.45) is 5.92 Å². The number of rotatable bonds is 7. The van der Waals surface area contributed by atoms with Crippen LogP contribution in [-0.2, 0) is 19.1 Å². The quantitative estimate of drug-likeness (QED) is 0.731. The number of carbonyl (C=O) groups excluding carboxylic acids is 2. The molecule has 2 aliphatic carbocycles. The first-order chi connectivity index (χ1) is 11.1. The lowest BCUT2D eigenvalue weighted by Crippen LogP contribution is -2.33. The second-order valence-corrected chi connectivity index (χ2v) is 7.05. The Balaban J connectivity index is 1.51. The van der Waals surface area contributed by atoms with Gasteiger partial charge in [-0.1, -0.05) is 26.2 Å². The van der Waals surface area contributed by atoms with Gasteiger partial charge in [-0.25, -0.2) is 0 Å². The van der Waals surface area contributed by atoms with Crippen LogP contribution in [0.1, 0.15) is 71.1 Å². The molecule has 0 aromatic carbocycles. The lowest BCUT2D eigenvalue weighted by molar-refractivity contribution is -0.150. The normalized spacial score (nSPS) is 25.8. The Kier molecular flexibility index (Phi) is 7.86. The predicted molar refractivity (Wildman–Crippen MR) is 88.0 cm³/mol. The van der Waals surface area contributed by atoms with Gasteiger partial charge in [0, 0.05) is 6.54 Å². The van der Waals surface area contributed by atoms with Crippen molar-refractivity contribution >= 4 is 11.9 Å². The number of hydrogen-bond donors (Lipinski definition) is 1. The van der Waals surface area contributed by atoms with Crippen LogP contribution in [-0.4, -0.2) is 37.2 Å². The monoisotopic (exact) mass is 325 g/mol. The Bertz CT molecular complexity index is 379. The fourth-order valence-corrected chi connectivity index (χ4v) is 3.51. The minimum Gasteiger partial charge on any atom is -0.462 e. The first-order valence-electron chi connectivity index (χ1n) is 9.21. The van der Waals surface area contributed by atoms with Gasteiger partial charge in [0.15, 0.2) is 0 Å². The highest BCUT2D eigenvalue weighted by Gasteiger charge is 2.20. The summed E-state index contributed by atoms with van der Waals surface area (Å²) in [6.45, 7) is 2.65. The molecule has 2 fully saturated rings. The number of carbonyl (C=O) groups is 2. The molecule has 0 unspecified atom stereocenters. The van der Waals surface area contributed by atoms with Crippen LogP contribution < -0.4 is 5.32 Å². The van der Waals surface area contributed by atoms with E-state index in [4.69, 9.17) is 9.47 Å². The van der Waals surface area contributed by atoms with Crippen LogP contribution >= 0.6 is 0 Å². The molecule has 1 amide bonds. The largest absolute Gasteiger partial charge is 0.462 e. The molecule has 0 heterocycles. The van der Waals surface area contributed by atoms with E-state index >= 15 is 0 Å². The third-order valence-corrected chi connectivity index (χ3v) is 4.84. The topological polar surface area (TPSA) is 64.6 Å². The van der Waals surface area contributed by atoms with Crippen molar-refractivity contribution in [2.45, 2.75) is 83.3 Å². The van der Waals surface area contributed by atoms with E-state index in [9.17, 15) is 9.59 Å². The summed E-state index contributed by atoms with van der Waals surface area (Å²) >= 11 is 0. The van der Waals surface area contributed by atoms with Crippen molar-refractivity contribution in [3.63, 3.8) is 0 Å². The van der Waals surface area contributed by atoms with Crippen molar-refractivity contribution < 1.29 is 19.1 Å². The molecule has 132 valence electrons. The predicted octanol–water partition coefficient (Wildman–Crippen LogP) is 2.96. The van der Waals surface area contributed by atoms with Gasteiger partial charge in [-0.3, -0.25) is 9.59 Å². The summed E-state index contributed by atoms with van der Waals surface area (Å²) < 4.78 is 11.1. The maximum absolute atomic E-state index is 11.8. The molecule has 1 N–H and O–H groups in total. The Morgan fingerprint density at radius 2 is 1.74 bits per heavy atom. The first kappa shape index (κ1) is 18.2. The minimum atomic E-state index is -0.209. The zero-order chi connectivity index (χ0) is 16.5. The summed E-state index contributed by atoms with van der Waals surface area (Å²) in [6, 6.07) is 0. The Labute approximate surface area is 139 Å². The van der Waals surface area contributed by atoms with Crippen molar-refractivity contribution in [3.05, 3.63) is 0 Å². The van der Waals surface area contributed by atoms with Crippen molar-refractivity contribution in [3.8, 4) is 0 Å². The average molecular weight is 325 g/mol. The average Bonchev–Trinajstić information content (AvgIpc) is 2.54. The number of amides is 1. The summed E-state index contributed by atoms with van der Waals surface area (Å²) in [7, 11) is 0. The summed E-state index contributed by atoms with van der Waals surface area (Å²) in [6.07, 6.45) is 10.5. The van der Waals surface area contributed by atoms with Gasteiger partial charge in [0.05, 0.1) is 12.5 Å². The van der Waals surface area contributed by atoms with Crippen LogP contribution in [0.4, 0.5) is 0 Å². The maximum atomic E-state index is 11.8. The molecule has 0 saturated heterocycles. The Morgan fingerprint density at radius 3 is 2.48 bits per heavy atom. The van der Waals surface area contributed by atoms with E-state index in [2.05, 4.69) is 12.2 Å². The molecule has 2 rings (SSSR count).